The highest BCUT2D eigenvalue weighted by Crippen LogP contribution is 2.41. The van der Waals surface area contributed by atoms with Crippen LogP contribution in [-0.4, -0.2) is 51.6 Å². The molecule has 33 heavy (non-hydrogen) atoms. The fraction of sp³-hybridized carbons (Fsp3) is 0.480. The van der Waals surface area contributed by atoms with Gasteiger partial charge in [0.05, 0.1) is 17.2 Å². The second kappa shape index (κ2) is 8.61. The molecule has 0 saturated carbocycles. The standard InChI is InChI=1S/C25H32N6O.ClH/c1-16-14-31-22(27-23(16)30-12-10-19(26)15-30)13-21(28-31)17(2)29(4)24(32)25(3)11-9-18-7-5-6-8-20(18)25;/h5-8,13-14,17,19H,9-12,15,26H2,1-4H3;1H/t17-,19-,25?;/m0./s1. The fourth-order valence-electron chi connectivity index (χ4n) is 5.30. The van der Waals surface area contributed by atoms with Gasteiger partial charge in [0.1, 0.15) is 5.82 Å². The van der Waals surface area contributed by atoms with Gasteiger partial charge in [-0.25, -0.2) is 9.50 Å². The van der Waals surface area contributed by atoms with E-state index in [-0.39, 0.29) is 30.4 Å². The molecule has 1 unspecified atom stereocenters. The molecule has 0 spiro atoms. The molecular weight excluding hydrogens is 436 g/mol. The zero-order valence-corrected chi connectivity index (χ0v) is 20.6. The minimum atomic E-state index is -0.491. The van der Waals surface area contributed by atoms with Crippen molar-refractivity contribution in [2.75, 3.05) is 25.0 Å². The SMILES string of the molecule is Cc1cn2nc([C@H](C)N(C)C(=O)C3(C)CCc4ccccc43)cc2nc1N1CC[C@H](N)C1.Cl. The number of amides is 1. The molecule has 1 saturated heterocycles. The predicted molar refractivity (Wildman–Crippen MR) is 133 cm³/mol. The summed E-state index contributed by atoms with van der Waals surface area (Å²) in [4.78, 5) is 22.6. The van der Waals surface area contributed by atoms with Crippen LogP contribution in [0.5, 0.6) is 0 Å². The van der Waals surface area contributed by atoms with Crippen LogP contribution in [0.2, 0.25) is 0 Å². The summed E-state index contributed by atoms with van der Waals surface area (Å²) in [6, 6.07) is 10.4. The second-order valence-corrected chi connectivity index (χ2v) is 9.70. The van der Waals surface area contributed by atoms with E-state index in [9.17, 15) is 4.79 Å². The van der Waals surface area contributed by atoms with Crippen LogP contribution in [0.15, 0.2) is 36.5 Å². The van der Waals surface area contributed by atoms with E-state index in [2.05, 4.69) is 36.9 Å². The van der Waals surface area contributed by atoms with Crippen molar-refractivity contribution in [2.45, 2.75) is 57.5 Å². The Morgan fingerprint density at radius 1 is 1.33 bits per heavy atom. The summed E-state index contributed by atoms with van der Waals surface area (Å²) < 4.78 is 1.82. The first-order valence-corrected chi connectivity index (χ1v) is 11.5. The smallest absolute Gasteiger partial charge is 0.233 e. The van der Waals surface area contributed by atoms with Crippen molar-refractivity contribution in [1.29, 1.82) is 0 Å². The molecule has 2 aliphatic rings. The van der Waals surface area contributed by atoms with Gasteiger partial charge in [-0.1, -0.05) is 24.3 Å². The molecule has 7 nitrogen and oxygen atoms in total. The van der Waals surface area contributed by atoms with E-state index in [1.54, 1.807) is 0 Å². The van der Waals surface area contributed by atoms with E-state index in [0.29, 0.717) is 0 Å². The molecule has 1 aliphatic carbocycles. The minimum Gasteiger partial charge on any atom is -0.355 e. The van der Waals surface area contributed by atoms with Crippen LogP contribution in [-0.2, 0) is 16.6 Å². The Morgan fingerprint density at radius 2 is 2.09 bits per heavy atom. The third-order valence-electron chi connectivity index (χ3n) is 7.46. The molecule has 3 heterocycles. The number of likely N-dealkylation sites (N-methyl/N-ethyl adjacent to an activating group) is 1. The molecule has 0 bridgehead atoms. The molecule has 1 aliphatic heterocycles. The number of benzene rings is 1. The fourth-order valence-corrected chi connectivity index (χ4v) is 5.30. The Labute approximate surface area is 201 Å². The van der Waals surface area contributed by atoms with Crippen molar-refractivity contribution in [3.63, 3.8) is 0 Å². The van der Waals surface area contributed by atoms with Gasteiger partial charge in [-0.3, -0.25) is 4.79 Å². The molecule has 1 fully saturated rings. The van der Waals surface area contributed by atoms with Crippen molar-refractivity contribution in [3.05, 3.63) is 58.9 Å². The minimum absolute atomic E-state index is 0. The number of carbonyl (C=O) groups is 1. The van der Waals surface area contributed by atoms with Crippen LogP contribution < -0.4 is 10.6 Å². The third-order valence-corrected chi connectivity index (χ3v) is 7.46. The first kappa shape index (κ1) is 23.5. The van der Waals surface area contributed by atoms with Gasteiger partial charge in [0.25, 0.3) is 0 Å². The number of carbonyl (C=O) groups excluding carboxylic acids is 1. The van der Waals surface area contributed by atoms with Crippen molar-refractivity contribution in [2.24, 2.45) is 5.73 Å². The Kier molecular flexibility index (Phi) is 6.14. The number of fused-ring (bicyclic) bond motifs is 2. The van der Waals surface area contributed by atoms with E-state index in [1.807, 2.05) is 41.7 Å². The van der Waals surface area contributed by atoms with Crippen molar-refractivity contribution in [1.82, 2.24) is 19.5 Å². The number of nitrogens with zero attached hydrogens (tertiary/aromatic N) is 5. The van der Waals surface area contributed by atoms with E-state index in [4.69, 9.17) is 15.8 Å². The monoisotopic (exact) mass is 468 g/mol. The van der Waals surface area contributed by atoms with Gasteiger partial charge in [-0.15, -0.1) is 12.4 Å². The summed E-state index contributed by atoms with van der Waals surface area (Å²) in [6.45, 7) is 7.94. The van der Waals surface area contributed by atoms with Gasteiger partial charge in [0.2, 0.25) is 5.91 Å². The molecular formula is C25H33ClN6O. The summed E-state index contributed by atoms with van der Waals surface area (Å²) in [5.74, 6) is 1.12. The highest BCUT2D eigenvalue weighted by Gasteiger charge is 2.43. The average Bonchev–Trinajstić information content (AvgIpc) is 3.49. The summed E-state index contributed by atoms with van der Waals surface area (Å²) >= 11 is 0. The molecule has 1 amide bonds. The lowest BCUT2D eigenvalue weighted by Gasteiger charge is -2.33. The van der Waals surface area contributed by atoms with Gasteiger partial charge in [0.15, 0.2) is 5.65 Å². The van der Waals surface area contributed by atoms with E-state index in [0.717, 1.165) is 60.6 Å². The Hall–Kier alpha value is -2.64. The van der Waals surface area contributed by atoms with Crippen LogP contribution in [0.1, 0.15) is 55.1 Å². The largest absolute Gasteiger partial charge is 0.355 e. The lowest BCUT2D eigenvalue weighted by molar-refractivity contribution is -0.137. The molecule has 176 valence electrons. The number of nitrogens with two attached hydrogens (primary N) is 1. The van der Waals surface area contributed by atoms with Crippen molar-refractivity contribution < 1.29 is 4.79 Å². The number of aromatic nitrogens is 3. The average molecular weight is 469 g/mol. The molecule has 3 aromatic rings. The molecule has 2 aromatic heterocycles. The second-order valence-electron chi connectivity index (χ2n) is 9.70. The summed E-state index contributed by atoms with van der Waals surface area (Å²) in [6.07, 6.45) is 4.80. The lowest BCUT2D eigenvalue weighted by atomic mass is 9.82. The van der Waals surface area contributed by atoms with Crippen LogP contribution in [0.3, 0.4) is 0 Å². The zero-order valence-electron chi connectivity index (χ0n) is 19.8. The summed E-state index contributed by atoms with van der Waals surface area (Å²) in [5, 5.41) is 4.77. The van der Waals surface area contributed by atoms with Gasteiger partial charge < -0.3 is 15.5 Å². The normalized spacial score (nSPS) is 22.8. The highest BCUT2D eigenvalue weighted by molar-refractivity contribution is 5.89. The maximum atomic E-state index is 13.6. The van der Waals surface area contributed by atoms with E-state index >= 15 is 0 Å². The number of hydrogen-bond donors (Lipinski definition) is 1. The van der Waals surface area contributed by atoms with E-state index in [1.165, 1.54) is 5.56 Å². The maximum Gasteiger partial charge on any atom is 0.233 e. The van der Waals surface area contributed by atoms with Crippen LogP contribution in [0.25, 0.3) is 5.65 Å². The third kappa shape index (κ3) is 3.87. The van der Waals surface area contributed by atoms with Gasteiger partial charge in [0, 0.05) is 44.0 Å². The Bertz CT molecular complexity index is 1190. The molecule has 1 aromatic carbocycles. The van der Waals surface area contributed by atoms with Gasteiger partial charge >= 0.3 is 0 Å². The maximum absolute atomic E-state index is 13.6. The quantitative estimate of drug-likeness (QED) is 0.634. The molecule has 0 radical (unpaired) electrons. The van der Waals surface area contributed by atoms with Crippen LogP contribution in [0, 0.1) is 6.92 Å². The first-order valence-electron chi connectivity index (χ1n) is 11.5. The molecule has 5 rings (SSSR count). The molecule has 2 N–H and O–H groups in total. The number of anilines is 1. The highest BCUT2D eigenvalue weighted by atomic mass is 35.5. The van der Waals surface area contributed by atoms with Gasteiger partial charge in [-0.2, -0.15) is 5.10 Å². The predicted octanol–water partition coefficient (Wildman–Crippen LogP) is 3.42. The lowest BCUT2D eigenvalue weighted by Crippen LogP contribution is -2.43. The Balaban J connectivity index is 0.00000259. The van der Waals surface area contributed by atoms with Crippen molar-refractivity contribution in [3.8, 4) is 0 Å². The van der Waals surface area contributed by atoms with Crippen molar-refractivity contribution >= 4 is 29.8 Å². The first-order chi connectivity index (χ1) is 15.3. The number of halogens is 1. The van der Waals surface area contributed by atoms with Crippen LogP contribution in [0.4, 0.5) is 5.82 Å². The van der Waals surface area contributed by atoms with E-state index < -0.39 is 5.41 Å². The van der Waals surface area contributed by atoms with Crippen LogP contribution >= 0.6 is 12.4 Å². The number of rotatable bonds is 4. The summed E-state index contributed by atoms with van der Waals surface area (Å²) in [7, 11) is 1.89. The molecule has 3 atom stereocenters. The zero-order chi connectivity index (χ0) is 22.6. The Morgan fingerprint density at radius 3 is 2.82 bits per heavy atom. The summed E-state index contributed by atoms with van der Waals surface area (Å²) in [5.41, 5.74) is 10.8. The number of hydrogen-bond acceptors (Lipinski definition) is 5. The number of aryl methyl sites for hydroxylation is 2. The topological polar surface area (TPSA) is 79.8 Å². The van der Waals surface area contributed by atoms with Gasteiger partial charge in [-0.05, 0) is 51.2 Å². The molecule has 8 heteroatoms.